The lowest BCUT2D eigenvalue weighted by atomic mass is 9.95. The molecule has 0 amide bonds. The maximum absolute atomic E-state index is 13.2. The van der Waals surface area contributed by atoms with Gasteiger partial charge in [-0.3, -0.25) is 9.59 Å². The summed E-state index contributed by atoms with van der Waals surface area (Å²) in [4.78, 5) is 22.3. The van der Waals surface area contributed by atoms with E-state index in [4.69, 9.17) is 5.11 Å². The molecule has 0 aromatic heterocycles. The Kier molecular flexibility index (Phi) is 3.88. The van der Waals surface area contributed by atoms with Crippen LogP contribution < -0.4 is 0 Å². The smallest absolute Gasteiger partial charge is 0.314 e. The van der Waals surface area contributed by atoms with Crippen LogP contribution in [0, 0.1) is 23.4 Å². The van der Waals surface area contributed by atoms with E-state index < -0.39 is 40.7 Å². The molecule has 6 heteroatoms. The summed E-state index contributed by atoms with van der Waals surface area (Å²) in [5.41, 5.74) is -0.752. The molecule has 0 aliphatic carbocycles. The van der Waals surface area contributed by atoms with Crippen LogP contribution in [0.1, 0.15) is 23.7 Å². The molecule has 0 aliphatic heterocycles. The maximum atomic E-state index is 13.2. The minimum atomic E-state index is -1.46. The lowest BCUT2D eigenvalue weighted by Gasteiger charge is -2.09. The van der Waals surface area contributed by atoms with Crippen LogP contribution in [0.5, 0.6) is 0 Å². The van der Waals surface area contributed by atoms with E-state index in [0.29, 0.717) is 6.07 Å². The van der Waals surface area contributed by atoms with Crippen molar-refractivity contribution in [3.63, 3.8) is 0 Å². The number of hydrogen-bond acceptors (Lipinski definition) is 2. The molecule has 17 heavy (non-hydrogen) atoms. The molecule has 1 aromatic rings. The highest BCUT2D eigenvalue weighted by molar-refractivity contribution is 6.08. The Balaban J connectivity index is 3.20. The van der Waals surface area contributed by atoms with Crippen molar-refractivity contribution >= 4 is 11.8 Å². The molecule has 0 saturated carbocycles. The van der Waals surface area contributed by atoms with Gasteiger partial charge in [-0.05, 0) is 12.5 Å². The molecule has 0 aliphatic rings. The molecular formula is C11H9F3O3. The maximum Gasteiger partial charge on any atom is 0.314 e. The van der Waals surface area contributed by atoms with Gasteiger partial charge < -0.3 is 5.11 Å². The third kappa shape index (κ3) is 2.64. The van der Waals surface area contributed by atoms with E-state index in [1.54, 1.807) is 0 Å². The molecular weight excluding hydrogens is 237 g/mol. The Morgan fingerprint density at radius 1 is 1.18 bits per heavy atom. The first-order valence-electron chi connectivity index (χ1n) is 4.80. The molecule has 1 rings (SSSR count). The fourth-order valence-electron chi connectivity index (χ4n) is 1.37. The van der Waals surface area contributed by atoms with Crippen molar-refractivity contribution in [2.45, 2.75) is 13.3 Å². The molecule has 1 atom stereocenters. The first-order valence-corrected chi connectivity index (χ1v) is 4.80. The fourth-order valence-corrected chi connectivity index (χ4v) is 1.37. The highest BCUT2D eigenvalue weighted by atomic mass is 19.2. The van der Waals surface area contributed by atoms with E-state index in [1.807, 2.05) is 0 Å². The van der Waals surface area contributed by atoms with Crippen molar-refractivity contribution in [1.82, 2.24) is 0 Å². The van der Waals surface area contributed by atoms with Crippen LogP contribution in [-0.4, -0.2) is 16.9 Å². The summed E-state index contributed by atoms with van der Waals surface area (Å²) in [5, 5.41) is 8.71. The van der Waals surface area contributed by atoms with E-state index >= 15 is 0 Å². The van der Waals surface area contributed by atoms with Crippen molar-refractivity contribution in [2.24, 2.45) is 5.92 Å². The van der Waals surface area contributed by atoms with E-state index in [-0.39, 0.29) is 12.5 Å². The van der Waals surface area contributed by atoms with Gasteiger partial charge in [0.05, 0.1) is 5.56 Å². The Bertz CT molecular complexity index is 471. The predicted molar refractivity (Wildman–Crippen MR) is 52.1 cm³/mol. The van der Waals surface area contributed by atoms with Gasteiger partial charge >= 0.3 is 5.97 Å². The third-order valence-electron chi connectivity index (χ3n) is 2.30. The Labute approximate surface area is 94.9 Å². The quantitative estimate of drug-likeness (QED) is 0.504. The Morgan fingerprint density at radius 2 is 1.71 bits per heavy atom. The van der Waals surface area contributed by atoms with Crippen LogP contribution in [-0.2, 0) is 4.79 Å². The lowest BCUT2D eigenvalue weighted by molar-refractivity contribution is -0.140. The molecule has 0 radical (unpaired) electrons. The summed E-state index contributed by atoms with van der Waals surface area (Å²) < 4.78 is 38.7. The van der Waals surface area contributed by atoms with Crippen molar-refractivity contribution in [2.75, 3.05) is 0 Å². The number of ketones is 1. The number of hydrogen-bond donors (Lipinski definition) is 1. The molecule has 0 unspecified atom stereocenters. The summed E-state index contributed by atoms with van der Waals surface area (Å²) in [5.74, 6) is -8.06. The van der Waals surface area contributed by atoms with Gasteiger partial charge in [-0.1, -0.05) is 6.92 Å². The Hall–Kier alpha value is -1.85. The van der Waals surface area contributed by atoms with Gasteiger partial charge in [0.2, 0.25) is 0 Å². The number of halogens is 3. The normalized spacial score (nSPS) is 12.2. The second-order valence-electron chi connectivity index (χ2n) is 3.41. The second kappa shape index (κ2) is 4.99. The van der Waals surface area contributed by atoms with Gasteiger partial charge in [-0.15, -0.1) is 0 Å². The molecule has 1 N–H and O–H groups in total. The summed E-state index contributed by atoms with van der Waals surface area (Å²) >= 11 is 0. The number of carboxylic acid groups (broad SMARTS) is 1. The second-order valence-corrected chi connectivity index (χ2v) is 3.41. The molecule has 0 heterocycles. The number of Topliss-reactive ketones (excluding diaryl/α,β-unsaturated/α-hetero) is 1. The van der Waals surface area contributed by atoms with Crippen LogP contribution in [0.15, 0.2) is 12.1 Å². The molecule has 0 bridgehead atoms. The zero-order chi connectivity index (χ0) is 13.2. The van der Waals surface area contributed by atoms with Crippen LogP contribution in [0.3, 0.4) is 0 Å². The van der Waals surface area contributed by atoms with Crippen molar-refractivity contribution < 1.29 is 27.9 Å². The largest absolute Gasteiger partial charge is 0.481 e. The van der Waals surface area contributed by atoms with E-state index in [1.165, 1.54) is 6.92 Å². The number of rotatable bonds is 4. The van der Waals surface area contributed by atoms with Crippen molar-refractivity contribution in [1.29, 1.82) is 0 Å². The fraction of sp³-hybridized carbons (Fsp3) is 0.273. The number of carboxylic acids is 1. The molecule has 92 valence electrons. The predicted octanol–water partition coefficient (Wildman–Crippen LogP) is 2.40. The summed E-state index contributed by atoms with van der Waals surface area (Å²) in [7, 11) is 0. The van der Waals surface area contributed by atoms with E-state index in [0.717, 1.165) is 0 Å². The Morgan fingerprint density at radius 3 is 2.18 bits per heavy atom. The standard InChI is InChI=1S/C11H9F3O3/c1-2-5(11(16)17)10(15)6-3-8(13)9(14)4-7(6)12/h3-5H,2H2,1H3,(H,16,17)/t5-/m1/s1. The third-order valence-corrected chi connectivity index (χ3v) is 2.30. The van der Waals surface area contributed by atoms with Crippen LogP contribution in [0.25, 0.3) is 0 Å². The zero-order valence-corrected chi connectivity index (χ0v) is 8.84. The topological polar surface area (TPSA) is 54.4 Å². The molecule has 0 spiro atoms. The van der Waals surface area contributed by atoms with Crippen LogP contribution in [0.4, 0.5) is 13.2 Å². The van der Waals surface area contributed by atoms with Gasteiger partial charge in [-0.2, -0.15) is 0 Å². The molecule has 1 aromatic carbocycles. The van der Waals surface area contributed by atoms with Gasteiger partial charge in [0.1, 0.15) is 11.7 Å². The number of carbonyl (C=O) groups is 2. The highest BCUT2D eigenvalue weighted by Crippen LogP contribution is 2.19. The van der Waals surface area contributed by atoms with Crippen molar-refractivity contribution in [3.8, 4) is 0 Å². The first kappa shape index (κ1) is 13.2. The van der Waals surface area contributed by atoms with Gasteiger partial charge in [0.15, 0.2) is 17.4 Å². The zero-order valence-electron chi connectivity index (χ0n) is 8.84. The van der Waals surface area contributed by atoms with E-state index in [2.05, 4.69) is 0 Å². The lowest BCUT2D eigenvalue weighted by Crippen LogP contribution is -2.24. The van der Waals surface area contributed by atoms with Crippen molar-refractivity contribution in [3.05, 3.63) is 35.1 Å². The van der Waals surface area contributed by atoms with Crippen LogP contribution >= 0.6 is 0 Å². The number of aliphatic carboxylic acids is 1. The minimum Gasteiger partial charge on any atom is -0.481 e. The monoisotopic (exact) mass is 246 g/mol. The summed E-state index contributed by atoms with van der Waals surface area (Å²) in [6, 6.07) is 0.593. The van der Waals surface area contributed by atoms with Gasteiger partial charge in [0, 0.05) is 6.07 Å². The minimum absolute atomic E-state index is 0.0629. The highest BCUT2D eigenvalue weighted by Gasteiger charge is 2.28. The first-order chi connectivity index (χ1) is 7.88. The number of carbonyl (C=O) groups excluding carboxylic acids is 1. The van der Waals surface area contributed by atoms with Gasteiger partial charge in [-0.25, -0.2) is 13.2 Å². The van der Waals surface area contributed by atoms with E-state index in [9.17, 15) is 22.8 Å². The average Bonchev–Trinajstić information content (AvgIpc) is 2.23. The summed E-state index contributed by atoms with van der Waals surface area (Å²) in [6.07, 6.45) is -0.0629. The molecule has 0 fully saturated rings. The SMILES string of the molecule is CC[C@@H](C(=O)O)C(=O)c1cc(F)c(F)cc1F. The van der Waals surface area contributed by atoms with Crippen LogP contribution in [0.2, 0.25) is 0 Å². The van der Waals surface area contributed by atoms with Gasteiger partial charge in [0.25, 0.3) is 0 Å². The molecule has 0 saturated heterocycles. The average molecular weight is 246 g/mol. The summed E-state index contributed by atoms with van der Waals surface area (Å²) in [6.45, 7) is 1.43. The number of benzene rings is 1. The molecule has 3 nitrogen and oxygen atoms in total.